The summed E-state index contributed by atoms with van der Waals surface area (Å²) < 4.78 is 0. The van der Waals surface area contributed by atoms with Crippen LogP contribution in [-0.4, -0.2) is 38.3 Å². The minimum Gasteiger partial charge on any atom is -0.348 e. The molecule has 3 aromatic rings. The summed E-state index contributed by atoms with van der Waals surface area (Å²) in [5.74, 6) is 0.702. The molecule has 8 heteroatoms. The van der Waals surface area contributed by atoms with Crippen LogP contribution in [0.5, 0.6) is 0 Å². The standard InChI is InChI=1S/C19H19Cl2N5O/c20-13-6-5-12(14(21)9-13)11-26-8-2-4-16(26)19(27)23-10-17-24-15-3-1-7-22-18(15)25-17/h1,3,5-7,9,16H,2,4,8,10-11H2,(H,23,27)(H,22,24,25)/t16-/m0/s1. The molecule has 0 aliphatic carbocycles. The number of likely N-dealkylation sites (tertiary alicyclic amines) is 1. The first-order valence-corrected chi connectivity index (χ1v) is 9.61. The summed E-state index contributed by atoms with van der Waals surface area (Å²) in [6, 6.07) is 9.07. The van der Waals surface area contributed by atoms with Crippen LogP contribution >= 0.6 is 23.2 Å². The molecule has 2 aromatic heterocycles. The average Bonchev–Trinajstić information content (AvgIpc) is 3.28. The fourth-order valence-electron chi connectivity index (χ4n) is 3.45. The zero-order valence-corrected chi connectivity index (χ0v) is 16.1. The van der Waals surface area contributed by atoms with E-state index in [9.17, 15) is 4.79 Å². The number of carbonyl (C=O) groups excluding carboxylic acids is 1. The number of nitrogens with one attached hydrogen (secondary N) is 2. The number of hydrogen-bond acceptors (Lipinski definition) is 4. The molecule has 6 nitrogen and oxygen atoms in total. The molecule has 0 bridgehead atoms. The number of H-pyrrole nitrogens is 1. The largest absolute Gasteiger partial charge is 0.348 e. The lowest BCUT2D eigenvalue weighted by Crippen LogP contribution is -2.42. The van der Waals surface area contributed by atoms with Gasteiger partial charge in [-0.15, -0.1) is 0 Å². The topological polar surface area (TPSA) is 73.9 Å². The van der Waals surface area contributed by atoms with E-state index in [0.29, 0.717) is 34.6 Å². The third kappa shape index (κ3) is 4.08. The number of amides is 1. The number of imidazole rings is 1. The number of aromatic nitrogens is 3. The monoisotopic (exact) mass is 403 g/mol. The Bertz CT molecular complexity index is 941. The third-order valence-corrected chi connectivity index (χ3v) is 5.38. The first-order chi connectivity index (χ1) is 13.1. The van der Waals surface area contributed by atoms with Crippen molar-refractivity contribution in [2.45, 2.75) is 32.0 Å². The van der Waals surface area contributed by atoms with Gasteiger partial charge in [0.1, 0.15) is 5.82 Å². The Morgan fingerprint density at radius 3 is 3.04 bits per heavy atom. The van der Waals surface area contributed by atoms with Crippen molar-refractivity contribution in [1.29, 1.82) is 0 Å². The van der Waals surface area contributed by atoms with E-state index >= 15 is 0 Å². The van der Waals surface area contributed by atoms with Gasteiger partial charge in [-0.3, -0.25) is 9.69 Å². The van der Waals surface area contributed by atoms with Gasteiger partial charge in [0.15, 0.2) is 5.65 Å². The van der Waals surface area contributed by atoms with Crippen molar-refractivity contribution in [1.82, 2.24) is 25.2 Å². The molecular formula is C19H19Cl2N5O. The van der Waals surface area contributed by atoms with Crippen molar-refractivity contribution in [2.75, 3.05) is 6.54 Å². The maximum absolute atomic E-state index is 12.7. The van der Waals surface area contributed by atoms with Crippen molar-refractivity contribution >= 4 is 40.3 Å². The molecule has 1 saturated heterocycles. The van der Waals surface area contributed by atoms with Gasteiger partial charge in [-0.1, -0.05) is 29.3 Å². The average molecular weight is 404 g/mol. The Balaban J connectivity index is 1.39. The van der Waals surface area contributed by atoms with Crippen LogP contribution in [0.15, 0.2) is 36.5 Å². The van der Waals surface area contributed by atoms with Gasteiger partial charge in [0, 0.05) is 22.8 Å². The highest BCUT2D eigenvalue weighted by molar-refractivity contribution is 6.35. The number of hydrogen-bond donors (Lipinski definition) is 2. The third-order valence-electron chi connectivity index (χ3n) is 4.79. The molecule has 1 fully saturated rings. The molecule has 1 aliphatic rings. The highest BCUT2D eigenvalue weighted by Crippen LogP contribution is 2.26. The van der Waals surface area contributed by atoms with Gasteiger partial charge in [-0.2, -0.15) is 0 Å². The lowest BCUT2D eigenvalue weighted by molar-refractivity contribution is -0.125. The van der Waals surface area contributed by atoms with Crippen LogP contribution in [0.3, 0.4) is 0 Å². The number of carbonyl (C=O) groups is 1. The van der Waals surface area contributed by atoms with Gasteiger partial charge in [0.2, 0.25) is 5.91 Å². The van der Waals surface area contributed by atoms with Gasteiger partial charge in [-0.25, -0.2) is 9.97 Å². The molecule has 1 atom stereocenters. The Morgan fingerprint density at radius 2 is 2.22 bits per heavy atom. The molecule has 2 N–H and O–H groups in total. The Hall–Kier alpha value is -2.15. The highest BCUT2D eigenvalue weighted by atomic mass is 35.5. The maximum atomic E-state index is 12.7. The smallest absolute Gasteiger partial charge is 0.237 e. The SMILES string of the molecule is O=C(NCc1nc2ncccc2[nH]1)[C@@H]1CCCN1Cc1ccc(Cl)cc1Cl. The van der Waals surface area contributed by atoms with Crippen LogP contribution in [0.4, 0.5) is 0 Å². The van der Waals surface area contributed by atoms with Gasteiger partial charge in [-0.05, 0) is 49.2 Å². The van der Waals surface area contributed by atoms with E-state index in [1.807, 2.05) is 24.3 Å². The molecule has 3 heterocycles. The normalized spacial score (nSPS) is 17.5. The molecule has 1 amide bonds. The second kappa shape index (κ2) is 7.84. The Labute approximate surface area is 166 Å². The van der Waals surface area contributed by atoms with E-state index in [1.165, 1.54) is 0 Å². The summed E-state index contributed by atoms with van der Waals surface area (Å²) >= 11 is 12.3. The van der Waals surface area contributed by atoms with Crippen molar-refractivity contribution < 1.29 is 4.79 Å². The molecule has 0 radical (unpaired) electrons. The number of nitrogens with zero attached hydrogens (tertiary/aromatic N) is 3. The summed E-state index contributed by atoms with van der Waals surface area (Å²) in [5, 5.41) is 4.22. The van der Waals surface area contributed by atoms with Crippen molar-refractivity contribution in [3.63, 3.8) is 0 Å². The zero-order chi connectivity index (χ0) is 18.8. The van der Waals surface area contributed by atoms with Crippen molar-refractivity contribution in [2.24, 2.45) is 0 Å². The lowest BCUT2D eigenvalue weighted by Gasteiger charge is -2.24. The van der Waals surface area contributed by atoms with Gasteiger partial charge in [0.05, 0.1) is 18.1 Å². The van der Waals surface area contributed by atoms with E-state index in [-0.39, 0.29) is 11.9 Å². The second-order valence-electron chi connectivity index (χ2n) is 6.64. The number of rotatable bonds is 5. The van der Waals surface area contributed by atoms with Crippen LogP contribution in [0.2, 0.25) is 10.0 Å². The van der Waals surface area contributed by atoms with E-state index in [4.69, 9.17) is 23.2 Å². The quantitative estimate of drug-likeness (QED) is 0.682. The van der Waals surface area contributed by atoms with E-state index in [0.717, 1.165) is 30.5 Å². The van der Waals surface area contributed by atoms with Crippen molar-refractivity contribution in [3.05, 3.63) is 58.0 Å². The molecule has 1 aliphatic heterocycles. The van der Waals surface area contributed by atoms with Crippen LogP contribution in [0.25, 0.3) is 11.2 Å². The van der Waals surface area contributed by atoms with Crippen molar-refractivity contribution in [3.8, 4) is 0 Å². The molecule has 140 valence electrons. The second-order valence-corrected chi connectivity index (χ2v) is 7.48. The van der Waals surface area contributed by atoms with Gasteiger partial charge < -0.3 is 10.3 Å². The van der Waals surface area contributed by atoms with E-state index in [2.05, 4.69) is 25.2 Å². The predicted molar refractivity (Wildman–Crippen MR) is 106 cm³/mol. The van der Waals surface area contributed by atoms with Crippen LogP contribution < -0.4 is 5.32 Å². The highest BCUT2D eigenvalue weighted by Gasteiger charge is 2.30. The van der Waals surface area contributed by atoms with Crippen LogP contribution in [-0.2, 0) is 17.9 Å². The molecular weight excluding hydrogens is 385 g/mol. The Morgan fingerprint density at radius 1 is 1.33 bits per heavy atom. The predicted octanol–water partition coefficient (Wildman–Crippen LogP) is 3.55. The van der Waals surface area contributed by atoms with E-state index in [1.54, 1.807) is 12.3 Å². The fourth-order valence-corrected chi connectivity index (χ4v) is 3.92. The molecule has 0 saturated carbocycles. The molecule has 4 rings (SSSR count). The van der Waals surface area contributed by atoms with E-state index < -0.39 is 0 Å². The van der Waals surface area contributed by atoms with Crippen LogP contribution in [0, 0.1) is 0 Å². The first-order valence-electron chi connectivity index (χ1n) is 8.85. The zero-order valence-electron chi connectivity index (χ0n) is 14.6. The lowest BCUT2D eigenvalue weighted by atomic mass is 10.1. The molecule has 0 spiro atoms. The number of pyridine rings is 1. The summed E-state index contributed by atoms with van der Waals surface area (Å²) in [7, 11) is 0. The number of aromatic amines is 1. The minimum absolute atomic E-state index is 0.00556. The number of halogens is 2. The van der Waals surface area contributed by atoms with Gasteiger partial charge >= 0.3 is 0 Å². The summed E-state index contributed by atoms with van der Waals surface area (Å²) in [6.45, 7) is 1.84. The molecule has 27 heavy (non-hydrogen) atoms. The Kier molecular flexibility index (Phi) is 5.29. The summed E-state index contributed by atoms with van der Waals surface area (Å²) in [6.07, 6.45) is 3.51. The summed E-state index contributed by atoms with van der Waals surface area (Å²) in [4.78, 5) is 26.6. The molecule has 1 aromatic carbocycles. The number of fused-ring (bicyclic) bond motifs is 1. The molecule has 0 unspecified atom stereocenters. The fraction of sp³-hybridized carbons (Fsp3) is 0.316. The summed E-state index contributed by atoms with van der Waals surface area (Å²) in [5.41, 5.74) is 2.49. The first kappa shape index (κ1) is 18.2. The van der Waals surface area contributed by atoms with Crippen LogP contribution in [0.1, 0.15) is 24.2 Å². The number of benzene rings is 1. The maximum Gasteiger partial charge on any atom is 0.237 e. The minimum atomic E-state index is -0.167. The van der Waals surface area contributed by atoms with Gasteiger partial charge in [0.25, 0.3) is 0 Å².